The van der Waals surface area contributed by atoms with E-state index in [1.165, 1.54) is 0 Å². The van der Waals surface area contributed by atoms with Crippen molar-refractivity contribution in [3.63, 3.8) is 0 Å². The van der Waals surface area contributed by atoms with Crippen molar-refractivity contribution in [1.82, 2.24) is 10.5 Å². The van der Waals surface area contributed by atoms with Crippen molar-refractivity contribution in [2.75, 3.05) is 26.4 Å². The molecule has 1 atom stereocenters. The molecule has 1 aliphatic rings. The summed E-state index contributed by atoms with van der Waals surface area (Å²) in [5, 5.41) is 7.29. The predicted octanol–water partition coefficient (Wildman–Crippen LogP) is 1.87. The molecule has 130 valence electrons. The van der Waals surface area contributed by atoms with E-state index in [1.807, 2.05) is 19.9 Å². The van der Waals surface area contributed by atoms with Crippen LogP contribution in [0.25, 0.3) is 0 Å². The van der Waals surface area contributed by atoms with Crippen LogP contribution in [0.15, 0.2) is 10.6 Å². The zero-order valence-electron chi connectivity index (χ0n) is 14.8. The molecular formula is C17H28N2O4. The first-order valence-corrected chi connectivity index (χ1v) is 8.12. The Labute approximate surface area is 137 Å². The highest BCUT2D eigenvalue weighted by Crippen LogP contribution is 2.23. The Hall–Kier alpha value is -1.24. The molecule has 6 nitrogen and oxygen atoms in total. The van der Waals surface area contributed by atoms with Gasteiger partial charge in [-0.15, -0.1) is 0 Å². The maximum atomic E-state index is 12.5. The monoisotopic (exact) mass is 324 g/mol. The Bertz CT molecular complexity index is 525. The van der Waals surface area contributed by atoms with Gasteiger partial charge in [-0.3, -0.25) is 4.79 Å². The number of ether oxygens (including phenoxy) is 2. The number of hydrogen-bond acceptors (Lipinski definition) is 6. The molecule has 1 unspecified atom stereocenters. The number of aromatic nitrogens is 1. The predicted molar refractivity (Wildman–Crippen MR) is 86.6 cm³/mol. The van der Waals surface area contributed by atoms with E-state index in [0.717, 1.165) is 5.76 Å². The van der Waals surface area contributed by atoms with Gasteiger partial charge in [-0.05, 0) is 13.8 Å². The summed E-state index contributed by atoms with van der Waals surface area (Å²) in [6.45, 7) is 12.3. The molecule has 0 amide bonds. The fraction of sp³-hybridized carbons (Fsp3) is 0.765. The van der Waals surface area contributed by atoms with Crippen LogP contribution >= 0.6 is 0 Å². The average molecular weight is 324 g/mol. The normalized spacial score (nSPS) is 19.8. The lowest BCUT2D eigenvalue weighted by molar-refractivity contribution is -0.124. The SMILES string of the molecule is CC(C)(NCC1COCCO1)C(=O)Cc1cc(C(C)(C)C)on1. The van der Waals surface area contributed by atoms with Crippen LogP contribution in [0, 0.1) is 0 Å². The van der Waals surface area contributed by atoms with E-state index in [1.54, 1.807) is 0 Å². The number of nitrogens with one attached hydrogen (secondary N) is 1. The summed E-state index contributed by atoms with van der Waals surface area (Å²) >= 11 is 0. The summed E-state index contributed by atoms with van der Waals surface area (Å²) in [4.78, 5) is 12.5. The van der Waals surface area contributed by atoms with Crippen molar-refractivity contribution in [2.45, 2.75) is 58.1 Å². The number of hydrogen-bond donors (Lipinski definition) is 1. The van der Waals surface area contributed by atoms with Crippen LogP contribution in [0.1, 0.15) is 46.1 Å². The van der Waals surface area contributed by atoms with Crippen molar-refractivity contribution in [2.24, 2.45) is 0 Å². The highest BCUT2D eigenvalue weighted by molar-refractivity contribution is 5.89. The fourth-order valence-electron chi connectivity index (χ4n) is 2.26. The molecule has 2 rings (SSSR count). The molecule has 0 saturated carbocycles. The van der Waals surface area contributed by atoms with Crippen LogP contribution in [0.2, 0.25) is 0 Å². The first-order chi connectivity index (χ1) is 10.7. The van der Waals surface area contributed by atoms with Crippen molar-refractivity contribution < 1.29 is 18.8 Å². The minimum atomic E-state index is -0.651. The van der Waals surface area contributed by atoms with Crippen LogP contribution in [0.4, 0.5) is 0 Å². The molecule has 1 saturated heterocycles. The molecule has 0 aromatic carbocycles. The number of nitrogens with zero attached hydrogens (tertiary/aromatic N) is 1. The third-order valence-electron chi connectivity index (χ3n) is 3.99. The van der Waals surface area contributed by atoms with Gasteiger partial charge in [0.05, 0.1) is 43.6 Å². The van der Waals surface area contributed by atoms with Crippen molar-refractivity contribution >= 4 is 5.78 Å². The van der Waals surface area contributed by atoms with Gasteiger partial charge in [0.2, 0.25) is 0 Å². The third kappa shape index (κ3) is 5.12. The Morgan fingerprint density at radius 2 is 2.04 bits per heavy atom. The maximum absolute atomic E-state index is 12.5. The summed E-state index contributed by atoms with van der Waals surface area (Å²) < 4.78 is 16.3. The topological polar surface area (TPSA) is 73.6 Å². The number of ketones is 1. The van der Waals surface area contributed by atoms with E-state index >= 15 is 0 Å². The Balaban J connectivity index is 1.88. The van der Waals surface area contributed by atoms with Gasteiger partial charge in [0.25, 0.3) is 0 Å². The fourth-order valence-corrected chi connectivity index (χ4v) is 2.26. The van der Waals surface area contributed by atoms with Gasteiger partial charge < -0.3 is 19.3 Å². The lowest BCUT2D eigenvalue weighted by Gasteiger charge is -2.29. The van der Waals surface area contributed by atoms with Gasteiger partial charge in [0.1, 0.15) is 5.76 Å². The molecule has 23 heavy (non-hydrogen) atoms. The molecule has 1 aliphatic heterocycles. The van der Waals surface area contributed by atoms with Crippen LogP contribution in [0.5, 0.6) is 0 Å². The molecule has 0 aliphatic carbocycles. The van der Waals surface area contributed by atoms with E-state index in [-0.39, 0.29) is 23.7 Å². The Morgan fingerprint density at radius 3 is 2.61 bits per heavy atom. The van der Waals surface area contributed by atoms with Crippen molar-refractivity contribution in [3.8, 4) is 0 Å². The summed E-state index contributed by atoms with van der Waals surface area (Å²) in [6, 6.07) is 1.87. The standard InChI is InChI=1S/C17H28N2O4/c1-16(2,3)15-9-12(19-23-15)8-14(20)17(4,5)18-10-13-11-21-6-7-22-13/h9,13,18H,6-8,10-11H2,1-5H3. The van der Waals surface area contributed by atoms with Gasteiger partial charge in [-0.25, -0.2) is 0 Å². The number of Topliss-reactive ketones (excluding diaryl/α,β-unsaturated/α-hetero) is 1. The van der Waals surface area contributed by atoms with Crippen LogP contribution < -0.4 is 5.32 Å². The van der Waals surface area contributed by atoms with E-state index in [2.05, 4.69) is 31.2 Å². The number of carbonyl (C=O) groups is 1. The number of rotatable bonds is 6. The molecule has 0 bridgehead atoms. The second-order valence-electron chi connectivity index (χ2n) is 7.61. The third-order valence-corrected chi connectivity index (χ3v) is 3.99. The quantitative estimate of drug-likeness (QED) is 0.861. The van der Waals surface area contributed by atoms with E-state index < -0.39 is 5.54 Å². The van der Waals surface area contributed by atoms with Crippen molar-refractivity contribution in [1.29, 1.82) is 0 Å². The number of carbonyl (C=O) groups excluding carboxylic acids is 1. The van der Waals surface area contributed by atoms with Gasteiger partial charge in [0.15, 0.2) is 5.78 Å². The highest BCUT2D eigenvalue weighted by Gasteiger charge is 2.30. The second-order valence-corrected chi connectivity index (χ2v) is 7.61. The lowest BCUT2D eigenvalue weighted by atomic mass is 9.91. The molecule has 0 spiro atoms. The molecule has 6 heteroatoms. The zero-order chi connectivity index (χ0) is 17.1. The minimum Gasteiger partial charge on any atom is -0.376 e. The van der Waals surface area contributed by atoms with Gasteiger partial charge in [-0.2, -0.15) is 0 Å². The first-order valence-electron chi connectivity index (χ1n) is 8.12. The average Bonchev–Trinajstić information content (AvgIpc) is 2.95. The zero-order valence-corrected chi connectivity index (χ0v) is 14.8. The van der Waals surface area contributed by atoms with Gasteiger partial charge in [-0.1, -0.05) is 25.9 Å². The smallest absolute Gasteiger partial charge is 0.158 e. The maximum Gasteiger partial charge on any atom is 0.158 e. The summed E-state index contributed by atoms with van der Waals surface area (Å²) in [5.74, 6) is 0.863. The molecule has 2 heterocycles. The molecule has 1 aromatic rings. The summed E-state index contributed by atoms with van der Waals surface area (Å²) in [6.07, 6.45) is 0.247. The molecule has 1 fully saturated rings. The van der Waals surface area contributed by atoms with Crippen LogP contribution in [-0.4, -0.2) is 48.9 Å². The van der Waals surface area contributed by atoms with E-state index in [9.17, 15) is 4.79 Å². The van der Waals surface area contributed by atoms with Gasteiger partial charge >= 0.3 is 0 Å². The Morgan fingerprint density at radius 1 is 1.30 bits per heavy atom. The molecule has 0 radical (unpaired) electrons. The summed E-state index contributed by atoms with van der Waals surface area (Å²) in [5.41, 5.74) is -0.0887. The van der Waals surface area contributed by atoms with E-state index in [4.69, 9.17) is 14.0 Å². The Kier molecular flexibility index (Phi) is 5.60. The highest BCUT2D eigenvalue weighted by atomic mass is 16.6. The largest absolute Gasteiger partial charge is 0.376 e. The van der Waals surface area contributed by atoms with Crippen LogP contribution in [0.3, 0.4) is 0 Å². The molecular weight excluding hydrogens is 296 g/mol. The first kappa shape index (κ1) is 18.1. The second kappa shape index (κ2) is 7.11. The van der Waals surface area contributed by atoms with Crippen molar-refractivity contribution in [3.05, 3.63) is 17.5 Å². The summed E-state index contributed by atoms with van der Waals surface area (Å²) in [7, 11) is 0. The van der Waals surface area contributed by atoms with Gasteiger partial charge in [0, 0.05) is 18.0 Å². The van der Waals surface area contributed by atoms with E-state index in [0.29, 0.717) is 32.1 Å². The minimum absolute atomic E-state index is 0.00429. The molecule has 1 aromatic heterocycles. The van der Waals surface area contributed by atoms with Crippen LogP contribution in [-0.2, 0) is 26.1 Å². The molecule has 1 N–H and O–H groups in total. The lowest BCUT2D eigenvalue weighted by Crippen LogP contribution is -2.51.